The summed E-state index contributed by atoms with van der Waals surface area (Å²) in [6.45, 7) is 28.7. The van der Waals surface area contributed by atoms with E-state index in [0.29, 0.717) is 71.7 Å². The maximum atomic E-state index is 11.8. The van der Waals surface area contributed by atoms with Crippen molar-refractivity contribution in [2.75, 3.05) is 110 Å². The lowest BCUT2D eigenvalue weighted by Gasteiger charge is -2.28. The van der Waals surface area contributed by atoms with Gasteiger partial charge in [0.05, 0.1) is 87.9 Å². The molecule has 94 heavy (non-hydrogen) atoms. The number of fused-ring (bicyclic) bond motifs is 8. The Morgan fingerprint density at radius 3 is 1.45 bits per heavy atom. The molecule has 0 radical (unpaired) electrons. The van der Waals surface area contributed by atoms with Crippen LogP contribution in [-0.2, 0) is 63.9 Å². The van der Waals surface area contributed by atoms with Crippen molar-refractivity contribution in [2.24, 2.45) is 0 Å². The molecule has 13 rings (SSSR count). The average Bonchev–Trinajstić information content (AvgIpc) is 1.61. The second-order valence-corrected chi connectivity index (χ2v) is 52.2. The number of anilines is 2. The van der Waals surface area contributed by atoms with E-state index < -0.39 is 53.7 Å². The second-order valence-electron chi connectivity index (χ2n) is 27.6. The Morgan fingerprint density at radius 2 is 0.936 bits per heavy atom. The SMILES string of the molecule is C[Si](C)(C)CCOCn1ccc2c1ncc1ccc(N3CCS(=O)(=O)CC3)n12.C[Si](C)(C)CCOCn1ccc2nc(Br)cnc21.C[Si](C)(C)CCOCn1ccc2nc(C#CCN3CCS(=O)(=O)CC3)cnc21.O=S1(=O)CCN(c2ccc3cnc4[nH]ccc4n23)CC1. The zero-order chi connectivity index (χ0) is 67.1. The molecule has 0 aromatic carbocycles. The number of hydrogen-bond acceptors (Lipinski definition) is 18. The normalized spacial score (nSPS) is 16.8. The van der Waals surface area contributed by atoms with E-state index in [1.807, 2.05) is 92.2 Å². The maximum absolute atomic E-state index is 11.8. The van der Waals surface area contributed by atoms with Gasteiger partial charge in [-0.3, -0.25) is 13.7 Å². The molecule has 0 spiro atoms. The van der Waals surface area contributed by atoms with Crippen LogP contribution in [0.4, 0.5) is 11.6 Å². The third kappa shape index (κ3) is 19.2. The van der Waals surface area contributed by atoms with Gasteiger partial charge >= 0.3 is 0 Å². The van der Waals surface area contributed by atoms with Crippen LogP contribution in [0.1, 0.15) is 5.69 Å². The minimum absolute atomic E-state index is 0.209. The summed E-state index contributed by atoms with van der Waals surface area (Å²) in [5, 5.41) is 0. The Labute approximate surface area is 562 Å². The number of ether oxygens (including phenoxy) is 3. The quantitative estimate of drug-likeness (QED) is 0.0477. The van der Waals surface area contributed by atoms with Gasteiger partial charge in [-0.2, -0.15) is 0 Å². The summed E-state index contributed by atoms with van der Waals surface area (Å²) in [5.74, 6) is 9.46. The first-order chi connectivity index (χ1) is 44.5. The molecule has 3 aliphatic rings. The number of aromatic amines is 1. The van der Waals surface area contributed by atoms with Gasteiger partial charge in [0.25, 0.3) is 0 Å². The predicted octanol–water partition coefficient (Wildman–Crippen LogP) is 9.22. The summed E-state index contributed by atoms with van der Waals surface area (Å²) in [7, 11) is -11.8. The zero-order valence-electron chi connectivity index (χ0n) is 55.3. The zero-order valence-corrected chi connectivity index (χ0v) is 62.4. The van der Waals surface area contributed by atoms with Crippen molar-refractivity contribution in [1.82, 2.24) is 62.3 Å². The van der Waals surface area contributed by atoms with Crippen LogP contribution < -0.4 is 9.80 Å². The van der Waals surface area contributed by atoms with Gasteiger partial charge in [-0.25, -0.2) is 55.2 Å². The monoisotopic (exact) mass is 1460 g/mol. The molecule has 506 valence electrons. The van der Waals surface area contributed by atoms with E-state index in [2.05, 4.69) is 152 Å². The fourth-order valence-electron chi connectivity index (χ4n) is 10.7. The fourth-order valence-corrected chi connectivity index (χ4v) is 16.9. The molecule has 0 bridgehead atoms. The average molecular weight is 1460 g/mol. The number of H-pyrrole nitrogens is 1. The van der Waals surface area contributed by atoms with Gasteiger partial charge in [0.1, 0.15) is 53.2 Å². The van der Waals surface area contributed by atoms with Crippen molar-refractivity contribution in [1.29, 1.82) is 0 Å². The van der Waals surface area contributed by atoms with E-state index in [-0.39, 0.29) is 34.5 Å². The number of rotatable bonds is 18. The predicted molar refractivity (Wildman–Crippen MR) is 387 cm³/mol. The molecule has 3 fully saturated rings. The summed E-state index contributed by atoms with van der Waals surface area (Å²) >= 11 is 3.32. The number of hydrogen-bond donors (Lipinski definition) is 1. The fraction of sp³-hybridized carbons (Fsp3) is 0.492. The molecule has 10 aromatic heterocycles. The Hall–Kier alpha value is -6.32. The first kappa shape index (κ1) is 70.5. The lowest BCUT2D eigenvalue weighted by atomic mass is 10.4. The molecule has 0 atom stereocenters. The van der Waals surface area contributed by atoms with Gasteiger partial charge in [-0.05, 0) is 88.5 Å². The molecule has 10 aromatic rings. The van der Waals surface area contributed by atoms with E-state index in [9.17, 15) is 25.3 Å². The molecule has 0 amide bonds. The third-order valence-corrected chi connectivity index (χ3v) is 26.7. The highest BCUT2D eigenvalue weighted by Gasteiger charge is 2.27. The van der Waals surface area contributed by atoms with Crippen molar-refractivity contribution >= 4 is 137 Å². The van der Waals surface area contributed by atoms with Crippen LogP contribution in [0.15, 0.2) is 103 Å². The van der Waals surface area contributed by atoms with Gasteiger partial charge in [-0.1, -0.05) is 64.8 Å². The Balaban J connectivity index is 0.000000139. The van der Waals surface area contributed by atoms with Gasteiger partial charge in [0, 0.05) is 108 Å². The van der Waals surface area contributed by atoms with Gasteiger partial charge < -0.3 is 42.7 Å². The van der Waals surface area contributed by atoms with Crippen molar-refractivity contribution in [3.8, 4) is 11.8 Å². The van der Waals surface area contributed by atoms with Crippen molar-refractivity contribution in [3.63, 3.8) is 0 Å². The number of aromatic nitrogens is 12. The van der Waals surface area contributed by atoms with Crippen LogP contribution in [0.2, 0.25) is 77.1 Å². The molecule has 0 unspecified atom stereocenters. The number of halogens is 1. The standard InChI is InChI=1S/2C19H28N4O3SSi.C13H14N4O2S.C12H18BrN3OSi/c1-28(2,3)13-10-26-15-22-7-6-17-19(22)20-14-16-4-5-18(23(16)17)21-8-11-27(24,25)12-9-21;1-28(2,3)14-11-26-16-23-8-6-18-19(23)20-15-17(21-18)5-4-7-22-9-12-27(24,25)13-10-22;18-20(19)7-5-16(6-8-20)12-2-1-10-9-15-13-11(17(10)12)3-4-14-13;1-18(2,3)7-6-17-9-16-5-4-10-12(16)14-8-11(13)15-10/h4-7,14H,8-13,15H2,1-3H3;6,8,15H,7,9-14,16H2,1-3H3;1-4,9,14H,5-8H2;4-5,8H,6-7,9H2,1-3H3. The van der Waals surface area contributed by atoms with Crippen LogP contribution in [0, 0.1) is 11.8 Å². The highest BCUT2D eigenvalue weighted by atomic mass is 79.9. The lowest BCUT2D eigenvalue weighted by Crippen LogP contribution is -2.40. The number of sulfone groups is 3. The van der Waals surface area contributed by atoms with Crippen molar-refractivity contribution < 1.29 is 39.5 Å². The third-order valence-electron chi connectivity index (χ3n) is 16.4. The largest absolute Gasteiger partial charge is 0.361 e. The summed E-state index contributed by atoms with van der Waals surface area (Å²) in [5.41, 5.74) is 9.72. The highest BCUT2D eigenvalue weighted by molar-refractivity contribution is 9.10. The van der Waals surface area contributed by atoms with Gasteiger partial charge in [-0.15, -0.1) is 0 Å². The molecule has 24 nitrogen and oxygen atoms in total. The van der Waals surface area contributed by atoms with Crippen molar-refractivity contribution in [3.05, 3.63) is 108 Å². The van der Waals surface area contributed by atoms with Crippen LogP contribution in [0.25, 0.3) is 55.7 Å². The van der Waals surface area contributed by atoms with Crippen LogP contribution in [-0.4, -0.2) is 212 Å². The Kier molecular flexibility index (Phi) is 22.5. The van der Waals surface area contributed by atoms with E-state index in [1.165, 1.54) is 6.04 Å². The maximum Gasteiger partial charge on any atom is 0.160 e. The summed E-state index contributed by atoms with van der Waals surface area (Å²) in [4.78, 5) is 36.2. The second kappa shape index (κ2) is 30.0. The molecule has 3 aliphatic heterocycles. The number of nitrogens with zero attached hydrogens (tertiary/aromatic N) is 14. The van der Waals surface area contributed by atoms with E-state index in [1.54, 1.807) is 12.4 Å². The number of nitrogens with one attached hydrogen (secondary N) is 1. The van der Waals surface area contributed by atoms with Crippen LogP contribution in [0.5, 0.6) is 0 Å². The first-order valence-electron chi connectivity index (χ1n) is 31.8. The van der Waals surface area contributed by atoms with Gasteiger partial charge in [0.2, 0.25) is 0 Å². The first-order valence-corrected chi connectivity index (χ1v) is 49.2. The van der Waals surface area contributed by atoms with E-state index >= 15 is 0 Å². The lowest BCUT2D eigenvalue weighted by molar-refractivity contribution is 0.0898. The molecule has 31 heteroatoms. The Bertz CT molecular complexity index is 4630. The minimum atomic E-state index is -2.90. The summed E-state index contributed by atoms with van der Waals surface area (Å²) in [6.07, 6.45) is 14.8. The van der Waals surface area contributed by atoms with Crippen LogP contribution >= 0.6 is 15.9 Å². The molecule has 0 saturated carbocycles. The molecular weight excluding hydrogens is 1370 g/mol. The van der Waals surface area contributed by atoms with E-state index in [0.717, 1.165) is 104 Å². The Morgan fingerprint density at radius 1 is 0.500 bits per heavy atom. The molecule has 1 N–H and O–H groups in total. The molecule has 0 aliphatic carbocycles. The molecular formula is C63H88BrN15O9S3Si3. The molecule has 13 heterocycles. The topological polar surface area (TPSA) is 257 Å². The summed E-state index contributed by atoms with van der Waals surface area (Å²) < 4.78 is 98.0. The molecule has 3 saturated heterocycles. The summed E-state index contributed by atoms with van der Waals surface area (Å²) in [6, 6.07) is 19.5. The van der Waals surface area contributed by atoms with Crippen molar-refractivity contribution in [2.45, 2.75) is 97.2 Å². The smallest absolute Gasteiger partial charge is 0.160 e. The highest BCUT2D eigenvalue weighted by Crippen LogP contribution is 2.28. The minimum Gasteiger partial charge on any atom is -0.361 e. The van der Waals surface area contributed by atoms with Crippen LogP contribution in [0.3, 0.4) is 0 Å². The van der Waals surface area contributed by atoms with Gasteiger partial charge in [0.15, 0.2) is 52.1 Å². The van der Waals surface area contributed by atoms with E-state index in [4.69, 9.17) is 14.2 Å².